The smallest absolute Gasteiger partial charge is 0.242 e. The molecule has 0 aromatic carbocycles. The van der Waals surface area contributed by atoms with Gasteiger partial charge in [-0.05, 0) is 13.3 Å². The second kappa shape index (κ2) is 6.73. The molecular formula is C12H20N4O. The van der Waals surface area contributed by atoms with Crippen LogP contribution < -0.4 is 15.8 Å². The first-order valence-electron chi connectivity index (χ1n) is 5.80. The van der Waals surface area contributed by atoms with Gasteiger partial charge in [-0.15, -0.1) is 6.58 Å². The van der Waals surface area contributed by atoms with E-state index in [0.29, 0.717) is 36.4 Å². The molecule has 0 fully saturated rings. The number of nitrogens with one attached hydrogen (secondary N) is 1. The summed E-state index contributed by atoms with van der Waals surface area (Å²) in [7, 11) is 0. The van der Waals surface area contributed by atoms with Crippen molar-refractivity contribution in [2.24, 2.45) is 0 Å². The fourth-order valence-electron chi connectivity index (χ4n) is 1.28. The Balaban J connectivity index is 2.81. The van der Waals surface area contributed by atoms with Gasteiger partial charge in [0.05, 0.1) is 6.61 Å². The Hall–Kier alpha value is -1.78. The summed E-state index contributed by atoms with van der Waals surface area (Å²) in [5.41, 5.74) is 6.38. The highest BCUT2D eigenvalue weighted by atomic mass is 16.5. The number of nitrogen functional groups attached to an aromatic ring is 1. The first kappa shape index (κ1) is 13.3. The number of unbranched alkanes of at least 4 members (excludes halogenated alkanes) is 1. The van der Waals surface area contributed by atoms with Crippen molar-refractivity contribution in [2.45, 2.75) is 26.7 Å². The summed E-state index contributed by atoms with van der Waals surface area (Å²) >= 11 is 0. The van der Waals surface area contributed by atoms with Crippen molar-refractivity contribution in [3.8, 4) is 5.88 Å². The van der Waals surface area contributed by atoms with Crippen LogP contribution >= 0.6 is 0 Å². The highest BCUT2D eigenvalue weighted by molar-refractivity contribution is 5.67. The maximum Gasteiger partial charge on any atom is 0.242 e. The Morgan fingerprint density at radius 2 is 2.24 bits per heavy atom. The Bertz CT molecular complexity index is 379. The number of anilines is 2. The molecule has 0 amide bonds. The summed E-state index contributed by atoms with van der Waals surface area (Å²) in [6, 6.07) is 0. The maximum atomic E-state index is 5.93. The van der Waals surface area contributed by atoms with Crippen molar-refractivity contribution in [1.29, 1.82) is 0 Å². The van der Waals surface area contributed by atoms with Crippen LogP contribution in [0.5, 0.6) is 5.88 Å². The van der Waals surface area contributed by atoms with E-state index < -0.39 is 0 Å². The average molecular weight is 236 g/mol. The van der Waals surface area contributed by atoms with Crippen LogP contribution in [0.25, 0.3) is 0 Å². The quantitative estimate of drug-likeness (QED) is 0.560. The molecule has 0 atom stereocenters. The van der Waals surface area contributed by atoms with E-state index in [1.54, 1.807) is 6.08 Å². The summed E-state index contributed by atoms with van der Waals surface area (Å²) in [4.78, 5) is 8.41. The molecule has 0 unspecified atom stereocenters. The fourth-order valence-corrected chi connectivity index (χ4v) is 1.28. The van der Waals surface area contributed by atoms with E-state index in [4.69, 9.17) is 10.5 Å². The summed E-state index contributed by atoms with van der Waals surface area (Å²) in [5.74, 6) is 1.69. The predicted molar refractivity (Wildman–Crippen MR) is 70.3 cm³/mol. The third-order valence-electron chi connectivity index (χ3n) is 2.17. The van der Waals surface area contributed by atoms with E-state index >= 15 is 0 Å². The van der Waals surface area contributed by atoms with Gasteiger partial charge in [-0.2, -0.15) is 4.98 Å². The summed E-state index contributed by atoms with van der Waals surface area (Å²) in [6.45, 7) is 8.78. The van der Waals surface area contributed by atoms with Crippen LogP contribution in [0.3, 0.4) is 0 Å². The molecule has 5 heteroatoms. The minimum atomic E-state index is 0.452. The topological polar surface area (TPSA) is 73.1 Å². The SMILES string of the molecule is C=CCNc1nc(C)nc(OCCCC)c1N. The van der Waals surface area contributed by atoms with Crippen molar-refractivity contribution >= 4 is 11.5 Å². The molecule has 0 spiro atoms. The van der Waals surface area contributed by atoms with Crippen molar-refractivity contribution < 1.29 is 4.74 Å². The van der Waals surface area contributed by atoms with E-state index in [9.17, 15) is 0 Å². The van der Waals surface area contributed by atoms with Gasteiger partial charge in [-0.25, -0.2) is 4.98 Å². The molecule has 0 radical (unpaired) electrons. The van der Waals surface area contributed by atoms with Crippen molar-refractivity contribution in [1.82, 2.24) is 9.97 Å². The number of hydrogen-bond acceptors (Lipinski definition) is 5. The van der Waals surface area contributed by atoms with E-state index in [1.165, 1.54) is 0 Å². The van der Waals surface area contributed by atoms with Gasteiger partial charge in [0.25, 0.3) is 0 Å². The van der Waals surface area contributed by atoms with Crippen LogP contribution in [0.2, 0.25) is 0 Å². The second-order valence-corrected chi connectivity index (χ2v) is 3.71. The third kappa shape index (κ3) is 3.94. The lowest BCUT2D eigenvalue weighted by molar-refractivity contribution is 0.298. The lowest BCUT2D eigenvalue weighted by Gasteiger charge is -2.12. The number of rotatable bonds is 7. The van der Waals surface area contributed by atoms with Crippen molar-refractivity contribution in [2.75, 3.05) is 24.2 Å². The Kier molecular flexibility index (Phi) is 5.26. The van der Waals surface area contributed by atoms with Crippen LogP contribution in [0.1, 0.15) is 25.6 Å². The van der Waals surface area contributed by atoms with Gasteiger partial charge in [0, 0.05) is 6.54 Å². The molecule has 0 aliphatic rings. The van der Waals surface area contributed by atoms with Gasteiger partial charge in [0.15, 0.2) is 5.82 Å². The zero-order chi connectivity index (χ0) is 12.7. The minimum absolute atomic E-state index is 0.452. The molecule has 0 aliphatic heterocycles. The Morgan fingerprint density at radius 1 is 1.47 bits per heavy atom. The largest absolute Gasteiger partial charge is 0.476 e. The molecule has 0 bridgehead atoms. The van der Waals surface area contributed by atoms with E-state index in [-0.39, 0.29) is 0 Å². The Morgan fingerprint density at radius 3 is 2.88 bits per heavy atom. The van der Waals surface area contributed by atoms with Gasteiger partial charge < -0.3 is 15.8 Å². The van der Waals surface area contributed by atoms with Crippen LogP contribution in [0, 0.1) is 6.92 Å². The first-order chi connectivity index (χ1) is 8.19. The predicted octanol–water partition coefficient (Wildman–Crippen LogP) is 2.14. The number of nitrogens with zero attached hydrogens (tertiary/aromatic N) is 2. The van der Waals surface area contributed by atoms with Crippen LogP contribution in [0.15, 0.2) is 12.7 Å². The number of ether oxygens (including phenoxy) is 1. The summed E-state index contributed by atoms with van der Waals surface area (Å²) in [6.07, 6.45) is 3.80. The molecule has 0 saturated carbocycles. The molecular weight excluding hydrogens is 216 g/mol. The standard InChI is InChI=1S/C12H20N4O/c1-4-6-8-17-12-10(13)11(14-7-5-2)15-9(3)16-12/h5H,2,4,6-8,13H2,1,3H3,(H,14,15,16). The molecule has 1 aromatic heterocycles. The maximum absolute atomic E-state index is 5.93. The molecule has 3 N–H and O–H groups in total. The van der Waals surface area contributed by atoms with Crippen LogP contribution in [-0.4, -0.2) is 23.1 Å². The minimum Gasteiger partial charge on any atom is -0.476 e. The number of aromatic nitrogens is 2. The molecule has 1 aromatic rings. The van der Waals surface area contributed by atoms with Crippen molar-refractivity contribution in [3.05, 3.63) is 18.5 Å². The van der Waals surface area contributed by atoms with Crippen LogP contribution in [-0.2, 0) is 0 Å². The monoisotopic (exact) mass is 236 g/mol. The average Bonchev–Trinajstić information content (AvgIpc) is 2.31. The van der Waals surface area contributed by atoms with Gasteiger partial charge in [-0.1, -0.05) is 19.4 Å². The first-order valence-corrected chi connectivity index (χ1v) is 5.80. The molecule has 17 heavy (non-hydrogen) atoms. The summed E-state index contributed by atoms with van der Waals surface area (Å²) in [5, 5.41) is 3.06. The third-order valence-corrected chi connectivity index (χ3v) is 2.17. The molecule has 1 rings (SSSR count). The van der Waals surface area contributed by atoms with Gasteiger partial charge in [0.1, 0.15) is 11.5 Å². The normalized spacial score (nSPS) is 10.0. The number of nitrogens with two attached hydrogens (primary N) is 1. The molecule has 0 saturated heterocycles. The second-order valence-electron chi connectivity index (χ2n) is 3.71. The molecule has 94 valence electrons. The van der Waals surface area contributed by atoms with E-state index in [2.05, 4.69) is 28.8 Å². The van der Waals surface area contributed by atoms with E-state index in [0.717, 1.165) is 12.8 Å². The van der Waals surface area contributed by atoms with Crippen LogP contribution in [0.4, 0.5) is 11.5 Å². The number of aryl methyl sites for hydroxylation is 1. The highest BCUT2D eigenvalue weighted by Gasteiger charge is 2.10. The lowest BCUT2D eigenvalue weighted by Crippen LogP contribution is -2.10. The Labute approximate surface area is 102 Å². The zero-order valence-corrected chi connectivity index (χ0v) is 10.5. The molecule has 0 aliphatic carbocycles. The summed E-state index contributed by atoms with van der Waals surface area (Å²) < 4.78 is 5.54. The van der Waals surface area contributed by atoms with Gasteiger partial charge in [-0.3, -0.25) is 0 Å². The van der Waals surface area contributed by atoms with E-state index in [1.807, 2.05) is 6.92 Å². The fraction of sp³-hybridized carbons (Fsp3) is 0.500. The molecule has 5 nitrogen and oxygen atoms in total. The number of hydrogen-bond donors (Lipinski definition) is 2. The highest BCUT2D eigenvalue weighted by Crippen LogP contribution is 2.25. The lowest BCUT2D eigenvalue weighted by atomic mass is 10.3. The molecule has 1 heterocycles. The van der Waals surface area contributed by atoms with Gasteiger partial charge >= 0.3 is 0 Å². The van der Waals surface area contributed by atoms with Gasteiger partial charge in [0.2, 0.25) is 5.88 Å². The zero-order valence-electron chi connectivity index (χ0n) is 10.5. The van der Waals surface area contributed by atoms with Crippen molar-refractivity contribution in [3.63, 3.8) is 0 Å².